The number of carbonyl (C=O) groups excluding carboxylic acids is 3. The number of anilines is 1. The molecule has 1 saturated heterocycles. The molecule has 3 fully saturated rings. The molecular weight excluding hydrogens is 446 g/mol. The van der Waals surface area contributed by atoms with Crippen molar-refractivity contribution in [1.29, 1.82) is 0 Å². The molecule has 0 unspecified atom stereocenters. The number of hydrogen-bond acceptors (Lipinski definition) is 5. The fourth-order valence-electron chi connectivity index (χ4n) is 5.62. The molecule has 2 heterocycles. The molecule has 0 spiro atoms. The Morgan fingerprint density at radius 2 is 1.86 bits per heavy atom. The van der Waals surface area contributed by atoms with Crippen molar-refractivity contribution in [2.45, 2.75) is 82.5 Å². The van der Waals surface area contributed by atoms with E-state index in [1.807, 2.05) is 0 Å². The van der Waals surface area contributed by atoms with Crippen LogP contribution >= 0.6 is 0 Å². The minimum absolute atomic E-state index is 0.00656. The highest BCUT2D eigenvalue weighted by molar-refractivity contribution is 6.00. The molecule has 0 radical (unpaired) electrons. The second kappa shape index (κ2) is 10.6. The highest BCUT2D eigenvalue weighted by atomic mass is 16.5. The van der Waals surface area contributed by atoms with Crippen LogP contribution in [0.5, 0.6) is 5.75 Å². The number of likely N-dealkylation sites (N-methyl/N-ethyl adjacent to an activating group) is 1. The predicted octanol–water partition coefficient (Wildman–Crippen LogP) is 3.50. The zero-order valence-corrected chi connectivity index (χ0v) is 20.6. The minimum Gasteiger partial charge on any atom is -0.490 e. The quantitative estimate of drug-likeness (QED) is 0.646. The van der Waals surface area contributed by atoms with Crippen LogP contribution in [0.2, 0.25) is 0 Å². The molecule has 8 nitrogen and oxygen atoms in total. The number of amides is 3. The van der Waals surface area contributed by atoms with Gasteiger partial charge < -0.3 is 25.0 Å². The third-order valence-corrected chi connectivity index (χ3v) is 7.95. The van der Waals surface area contributed by atoms with E-state index in [2.05, 4.69) is 10.6 Å². The Balaban J connectivity index is 1.19. The fourth-order valence-corrected chi connectivity index (χ4v) is 5.62. The fraction of sp³-hybridized carbons (Fsp3) is 0.667. The largest absolute Gasteiger partial charge is 0.490 e. The first kappa shape index (κ1) is 24.1. The molecular formula is C27H37N3O5. The summed E-state index contributed by atoms with van der Waals surface area (Å²) in [5, 5.41) is 6.02. The lowest BCUT2D eigenvalue weighted by molar-refractivity contribution is -0.134. The predicted molar refractivity (Wildman–Crippen MR) is 131 cm³/mol. The van der Waals surface area contributed by atoms with Crippen molar-refractivity contribution >= 4 is 23.4 Å². The topological polar surface area (TPSA) is 97.0 Å². The van der Waals surface area contributed by atoms with Gasteiger partial charge in [-0.3, -0.25) is 14.4 Å². The lowest BCUT2D eigenvalue weighted by Crippen LogP contribution is -2.54. The van der Waals surface area contributed by atoms with Gasteiger partial charge in [0.15, 0.2) is 0 Å². The first-order valence-electron chi connectivity index (χ1n) is 13.2. The second-order valence-electron chi connectivity index (χ2n) is 10.7. The molecule has 35 heavy (non-hydrogen) atoms. The molecule has 2 aliphatic carbocycles. The Labute approximate surface area is 207 Å². The maximum atomic E-state index is 13.3. The van der Waals surface area contributed by atoms with Gasteiger partial charge in [0.1, 0.15) is 18.5 Å². The van der Waals surface area contributed by atoms with E-state index in [-0.39, 0.29) is 41.9 Å². The van der Waals surface area contributed by atoms with Gasteiger partial charge in [-0.2, -0.15) is 0 Å². The Kier molecular flexibility index (Phi) is 7.27. The number of nitrogens with one attached hydrogen (secondary N) is 2. The summed E-state index contributed by atoms with van der Waals surface area (Å²) in [5.74, 6) is 1.08. The van der Waals surface area contributed by atoms with E-state index in [4.69, 9.17) is 9.47 Å². The second-order valence-corrected chi connectivity index (χ2v) is 10.7. The number of benzene rings is 1. The van der Waals surface area contributed by atoms with Crippen LogP contribution in [0.4, 0.5) is 5.69 Å². The SMILES string of the molecule is CN1C(=O)c2cc(NC(=O)C3CC3)ccc2OC[C@H]2O[C@H](CC(=O)NCC3CCCCC3)CC[C@H]21. The number of fused-ring (bicyclic) bond motifs is 2. The van der Waals surface area contributed by atoms with Gasteiger partial charge >= 0.3 is 0 Å². The number of nitrogens with zero attached hydrogens (tertiary/aromatic N) is 1. The summed E-state index contributed by atoms with van der Waals surface area (Å²) in [7, 11) is 1.80. The monoisotopic (exact) mass is 483 g/mol. The molecule has 0 aromatic heterocycles. The van der Waals surface area contributed by atoms with Crippen molar-refractivity contribution in [2.75, 3.05) is 25.5 Å². The minimum atomic E-state index is -0.295. The standard InChI is InChI=1S/C27H37N3O5/c1-30-22-11-10-20(14-25(31)28-15-17-5-3-2-4-6-17)35-24(22)16-34-23-12-9-19(13-21(23)27(30)33)29-26(32)18-7-8-18/h9,12-13,17-18,20,22,24H,2-8,10-11,14-16H2,1H3,(H,28,31)(H,29,32)/t20-,22+,24+/m0/s1. The van der Waals surface area contributed by atoms with Crippen LogP contribution < -0.4 is 15.4 Å². The number of hydrogen-bond donors (Lipinski definition) is 2. The van der Waals surface area contributed by atoms with Gasteiger partial charge in [-0.15, -0.1) is 0 Å². The molecule has 3 atom stereocenters. The molecule has 1 aromatic rings. The molecule has 2 saturated carbocycles. The highest BCUT2D eigenvalue weighted by Crippen LogP contribution is 2.34. The summed E-state index contributed by atoms with van der Waals surface area (Å²) in [6, 6.07) is 5.09. The molecule has 1 aromatic carbocycles. The van der Waals surface area contributed by atoms with Crippen LogP contribution in [0.25, 0.3) is 0 Å². The van der Waals surface area contributed by atoms with Crippen molar-refractivity contribution in [2.24, 2.45) is 11.8 Å². The summed E-state index contributed by atoms with van der Waals surface area (Å²) in [4.78, 5) is 39.8. The average Bonchev–Trinajstić information content (AvgIpc) is 3.72. The Morgan fingerprint density at radius 3 is 2.63 bits per heavy atom. The molecule has 5 rings (SSSR count). The van der Waals surface area contributed by atoms with E-state index >= 15 is 0 Å². The third-order valence-electron chi connectivity index (χ3n) is 7.95. The van der Waals surface area contributed by atoms with E-state index in [0.717, 1.165) is 32.2 Å². The van der Waals surface area contributed by atoms with Crippen molar-refractivity contribution in [3.8, 4) is 5.75 Å². The maximum Gasteiger partial charge on any atom is 0.257 e. The third kappa shape index (κ3) is 5.80. The molecule has 2 N–H and O–H groups in total. The Hall–Kier alpha value is -2.61. The first-order chi connectivity index (χ1) is 17.0. The summed E-state index contributed by atoms with van der Waals surface area (Å²) >= 11 is 0. The van der Waals surface area contributed by atoms with E-state index in [0.29, 0.717) is 35.9 Å². The highest BCUT2D eigenvalue weighted by Gasteiger charge is 2.39. The van der Waals surface area contributed by atoms with E-state index in [1.165, 1.54) is 32.1 Å². The number of ether oxygens (including phenoxy) is 2. The Bertz CT molecular complexity index is 956. The van der Waals surface area contributed by atoms with Crippen LogP contribution in [0.1, 0.15) is 74.6 Å². The molecule has 8 heteroatoms. The summed E-state index contributed by atoms with van der Waals surface area (Å²) in [5.41, 5.74) is 1.06. The van der Waals surface area contributed by atoms with E-state index in [1.54, 1.807) is 30.1 Å². The van der Waals surface area contributed by atoms with Crippen LogP contribution in [0.3, 0.4) is 0 Å². The van der Waals surface area contributed by atoms with Crippen molar-refractivity contribution in [3.63, 3.8) is 0 Å². The van der Waals surface area contributed by atoms with Crippen molar-refractivity contribution in [3.05, 3.63) is 23.8 Å². The zero-order chi connectivity index (χ0) is 24.4. The maximum absolute atomic E-state index is 13.3. The first-order valence-corrected chi connectivity index (χ1v) is 13.2. The summed E-state index contributed by atoms with van der Waals surface area (Å²) in [6.07, 6.45) is 9.45. The van der Waals surface area contributed by atoms with Crippen LogP contribution in [-0.2, 0) is 14.3 Å². The van der Waals surface area contributed by atoms with Gasteiger partial charge in [-0.25, -0.2) is 0 Å². The van der Waals surface area contributed by atoms with Gasteiger partial charge in [-0.05, 0) is 62.6 Å². The molecule has 4 aliphatic rings. The number of carbonyl (C=O) groups is 3. The molecule has 0 bridgehead atoms. The molecule has 3 amide bonds. The number of rotatable bonds is 6. The van der Waals surface area contributed by atoms with Crippen molar-refractivity contribution < 1.29 is 23.9 Å². The van der Waals surface area contributed by atoms with E-state index < -0.39 is 0 Å². The van der Waals surface area contributed by atoms with Gasteiger partial charge in [0.25, 0.3) is 5.91 Å². The smallest absolute Gasteiger partial charge is 0.257 e. The van der Waals surface area contributed by atoms with Gasteiger partial charge in [-0.1, -0.05) is 19.3 Å². The molecule has 190 valence electrons. The summed E-state index contributed by atoms with van der Waals surface area (Å²) in [6.45, 7) is 1.07. The van der Waals surface area contributed by atoms with Gasteiger partial charge in [0.05, 0.1) is 24.1 Å². The van der Waals surface area contributed by atoms with Crippen LogP contribution in [0.15, 0.2) is 18.2 Å². The normalized spacial score (nSPS) is 27.1. The van der Waals surface area contributed by atoms with E-state index in [9.17, 15) is 14.4 Å². The lowest BCUT2D eigenvalue weighted by Gasteiger charge is -2.42. The average molecular weight is 484 g/mol. The lowest BCUT2D eigenvalue weighted by atomic mass is 9.89. The van der Waals surface area contributed by atoms with Crippen LogP contribution in [-0.4, -0.2) is 61.1 Å². The van der Waals surface area contributed by atoms with Gasteiger partial charge in [0, 0.05) is 25.2 Å². The van der Waals surface area contributed by atoms with Crippen molar-refractivity contribution in [1.82, 2.24) is 10.2 Å². The molecule has 2 aliphatic heterocycles. The zero-order valence-electron chi connectivity index (χ0n) is 20.6. The Morgan fingerprint density at radius 1 is 1.06 bits per heavy atom. The van der Waals surface area contributed by atoms with Gasteiger partial charge in [0.2, 0.25) is 11.8 Å². The van der Waals surface area contributed by atoms with Crippen LogP contribution in [0, 0.1) is 11.8 Å². The summed E-state index contributed by atoms with van der Waals surface area (Å²) < 4.78 is 12.3.